The zero-order valence-electron chi connectivity index (χ0n) is 9.90. The maximum atomic E-state index is 4.17. The Morgan fingerprint density at radius 1 is 1.33 bits per heavy atom. The van der Waals surface area contributed by atoms with Gasteiger partial charge in [-0.15, -0.1) is 0 Å². The van der Waals surface area contributed by atoms with Crippen molar-refractivity contribution in [3.63, 3.8) is 0 Å². The molecule has 0 bridgehead atoms. The van der Waals surface area contributed by atoms with Gasteiger partial charge in [0.05, 0.1) is 11.9 Å². The highest BCUT2D eigenvalue weighted by Crippen LogP contribution is 2.30. The molecule has 0 amide bonds. The smallest absolute Gasteiger partial charge is 0.0728 e. The molecule has 15 heavy (non-hydrogen) atoms. The van der Waals surface area contributed by atoms with Gasteiger partial charge in [-0.25, -0.2) is 0 Å². The topological polar surface area (TPSA) is 29.9 Å². The molecule has 1 fully saturated rings. The third kappa shape index (κ3) is 2.52. The van der Waals surface area contributed by atoms with Gasteiger partial charge in [-0.2, -0.15) is 5.10 Å². The van der Waals surface area contributed by atoms with E-state index in [2.05, 4.69) is 24.3 Å². The van der Waals surface area contributed by atoms with Gasteiger partial charge >= 0.3 is 0 Å². The molecule has 2 rings (SSSR count). The van der Waals surface area contributed by atoms with E-state index in [1.54, 1.807) is 0 Å². The third-order valence-corrected chi connectivity index (χ3v) is 3.67. The van der Waals surface area contributed by atoms with Crippen molar-refractivity contribution in [2.24, 2.45) is 18.9 Å². The Morgan fingerprint density at radius 2 is 2.13 bits per heavy atom. The average Bonchev–Trinajstić information content (AvgIpc) is 2.58. The summed E-state index contributed by atoms with van der Waals surface area (Å²) in [6.45, 7) is 4.73. The summed E-state index contributed by atoms with van der Waals surface area (Å²) in [5, 5.41) is 7.74. The fourth-order valence-corrected chi connectivity index (χ4v) is 2.41. The molecule has 1 aliphatic carbocycles. The number of nitrogens with zero attached hydrogens (tertiary/aromatic N) is 2. The minimum Gasteiger partial charge on any atom is -0.380 e. The first-order chi connectivity index (χ1) is 7.15. The normalized spacial score (nSPS) is 31.5. The summed E-state index contributed by atoms with van der Waals surface area (Å²) in [5.74, 6) is 1.73. The largest absolute Gasteiger partial charge is 0.380 e. The van der Waals surface area contributed by atoms with Crippen molar-refractivity contribution in [1.29, 1.82) is 0 Å². The van der Waals surface area contributed by atoms with Gasteiger partial charge in [0.15, 0.2) is 0 Å². The van der Waals surface area contributed by atoms with Crippen molar-refractivity contribution in [3.05, 3.63) is 12.4 Å². The summed E-state index contributed by atoms with van der Waals surface area (Å²) in [6.07, 6.45) is 7.88. The summed E-state index contributed by atoms with van der Waals surface area (Å²) < 4.78 is 1.84. The van der Waals surface area contributed by atoms with Crippen LogP contribution in [0.4, 0.5) is 5.69 Å². The predicted molar refractivity (Wildman–Crippen MR) is 62.8 cm³/mol. The zero-order valence-corrected chi connectivity index (χ0v) is 9.90. The molecule has 0 aliphatic heterocycles. The maximum Gasteiger partial charge on any atom is 0.0728 e. The number of anilines is 1. The first-order valence-corrected chi connectivity index (χ1v) is 5.90. The van der Waals surface area contributed by atoms with Gasteiger partial charge in [-0.1, -0.05) is 13.8 Å². The van der Waals surface area contributed by atoms with Crippen LogP contribution in [0.5, 0.6) is 0 Å². The lowest BCUT2D eigenvalue weighted by molar-refractivity contribution is 0.261. The fourth-order valence-electron chi connectivity index (χ4n) is 2.41. The van der Waals surface area contributed by atoms with Gasteiger partial charge in [0.25, 0.3) is 0 Å². The van der Waals surface area contributed by atoms with Crippen LogP contribution >= 0.6 is 0 Å². The molecule has 0 unspecified atom stereocenters. The molecule has 3 nitrogen and oxygen atoms in total. The highest BCUT2D eigenvalue weighted by atomic mass is 15.3. The van der Waals surface area contributed by atoms with Crippen LogP contribution < -0.4 is 5.32 Å². The van der Waals surface area contributed by atoms with E-state index in [4.69, 9.17) is 0 Å². The Balaban J connectivity index is 1.90. The second-order valence-electron chi connectivity index (χ2n) is 5.01. The Hall–Kier alpha value is -0.990. The number of aromatic nitrogens is 2. The minimum absolute atomic E-state index is 0.639. The average molecular weight is 207 g/mol. The first-order valence-electron chi connectivity index (χ1n) is 5.90. The predicted octanol–water partition coefficient (Wildman–Crippen LogP) is 2.66. The number of hydrogen-bond acceptors (Lipinski definition) is 2. The van der Waals surface area contributed by atoms with E-state index in [9.17, 15) is 0 Å². The Kier molecular flexibility index (Phi) is 2.98. The van der Waals surface area contributed by atoms with Crippen molar-refractivity contribution in [3.8, 4) is 0 Å². The van der Waals surface area contributed by atoms with Crippen LogP contribution in [-0.2, 0) is 7.05 Å². The van der Waals surface area contributed by atoms with E-state index in [1.165, 1.54) is 19.3 Å². The van der Waals surface area contributed by atoms with Crippen LogP contribution in [0, 0.1) is 11.8 Å². The van der Waals surface area contributed by atoms with Crippen molar-refractivity contribution in [2.75, 3.05) is 5.32 Å². The molecule has 1 heterocycles. The molecular formula is C12H21N3. The van der Waals surface area contributed by atoms with E-state index >= 15 is 0 Å². The lowest BCUT2D eigenvalue weighted by Gasteiger charge is -2.32. The van der Waals surface area contributed by atoms with Crippen LogP contribution in [-0.4, -0.2) is 15.8 Å². The van der Waals surface area contributed by atoms with Crippen LogP contribution in [0.25, 0.3) is 0 Å². The molecule has 1 N–H and O–H groups in total. The first kappa shape index (κ1) is 10.5. The highest BCUT2D eigenvalue weighted by Gasteiger charge is 2.24. The van der Waals surface area contributed by atoms with Gasteiger partial charge < -0.3 is 5.32 Å². The van der Waals surface area contributed by atoms with Crippen LogP contribution in [0.15, 0.2) is 12.4 Å². The molecule has 0 radical (unpaired) electrons. The van der Waals surface area contributed by atoms with Crippen molar-refractivity contribution < 1.29 is 0 Å². The lowest BCUT2D eigenvalue weighted by Crippen LogP contribution is -2.30. The van der Waals surface area contributed by atoms with Crippen molar-refractivity contribution >= 4 is 5.69 Å². The standard InChI is InChI=1S/C12H21N3/c1-9-4-5-11(6-10(9)2)14-12-7-13-15(3)8-12/h7-11,14H,4-6H2,1-3H3/t9-,10+,11-/m1/s1. The number of aryl methyl sites for hydroxylation is 1. The highest BCUT2D eigenvalue weighted by molar-refractivity contribution is 5.39. The van der Waals surface area contributed by atoms with Crippen LogP contribution in [0.2, 0.25) is 0 Å². The van der Waals surface area contributed by atoms with E-state index in [-0.39, 0.29) is 0 Å². The molecule has 84 valence electrons. The molecule has 0 aromatic carbocycles. The second-order valence-corrected chi connectivity index (χ2v) is 5.01. The Morgan fingerprint density at radius 3 is 2.73 bits per heavy atom. The molecule has 1 aromatic heterocycles. The third-order valence-electron chi connectivity index (χ3n) is 3.67. The molecular weight excluding hydrogens is 186 g/mol. The molecule has 0 spiro atoms. The molecule has 0 saturated heterocycles. The second kappa shape index (κ2) is 4.25. The number of nitrogens with one attached hydrogen (secondary N) is 1. The molecule has 1 saturated carbocycles. The summed E-state index contributed by atoms with van der Waals surface area (Å²) >= 11 is 0. The quantitative estimate of drug-likeness (QED) is 0.808. The lowest BCUT2D eigenvalue weighted by atomic mass is 9.79. The molecule has 1 aliphatic rings. The van der Waals surface area contributed by atoms with Gasteiger partial charge in [0.1, 0.15) is 0 Å². The summed E-state index contributed by atoms with van der Waals surface area (Å²) in [5.41, 5.74) is 1.16. The minimum atomic E-state index is 0.639. The van der Waals surface area contributed by atoms with Gasteiger partial charge in [0.2, 0.25) is 0 Å². The summed E-state index contributed by atoms with van der Waals surface area (Å²) in [7, 11) is 1.96. The van der Waals surface area contributed by atoms with E-state index < -0.39 is 0 Å². The summed E-state index contributed by atoms with van der Waals surface area (Å²) in [6, 6.07) is 0.639. The SMILES string of the molecule is C[C@@H]1CC[C@@H](Nc2cnn(C)c2)C[C@@H]1C. The van der Waals surface area contributed by atoms with Crippen molar-refractivity contribution in [2.45, 2.75) is 39.2 Å². The molecule has 3 atom stereocenters. The molecule has 3 heteroatoms. The van der Waals surface area contributed by atoms with Crippen molar-refractivity contribution in [1.82, 2.24) is 9.78 Å². The summed E-state index contributed by atoms with van der Waals surface area (Å²) in [4.78, 5) is 0. The monoisotopic (exact) mass is 207 g/mol. The van der Waals surface area contributed by atoms with Crippen LogP contribution in [0.1, 0.15) is 33.1 Å². The number of hydrogen-bond donors (Lipinski definition) is 1. The Labute approximate surface area is 91.9 Å². The van der Waals surface area contributed by atoms with E-state index in [1.807, 2.05) is 24.1 Å². The fraction of sp³-hybridized carbons (Fsp3) is 0.750. The Bertz CT molecular complexity index is 318. The van der Waals surface area contributed by atoms with Gasteiger partial charge in [-0.3, -0.25) is 4.68 Å². The van der Waals surface area contributed by atoms with Gasteiger partial charge in [0, 0.05) is 19.3 Å². The van der Waals surface area contributed by atoms with Gasteiger partial charge in [-0.05, 0) is 31.1 Å². The van der Waals surface area contributed by atoms with Crippen LogP contribution in [0.3, 0.4) is 0 Å². The van der Waals surface area contributed by atoms with E-state index in [0.29, 0.717) is 6.04 Å². The molecule has 1 aromatic rings. The van der Waals surface area contributed by atoms with E-state index in [0.717, 1.165) is 17.5 Å². The maximum absolute atomic E-state index is 4.17. The zero-order chi connectivity index (χ0) is 10.8. The number of rotatable bonds is 2.